The van der Waals surface area contributed by atoms with E-state index in [-0.39, 0.29) is 11.5 Å². The molecule has 0 aliphatic rings. The number of ether oxygens (including phenoxy) is 1. The molecule has 0 bridgehead atoms. The zero-order valence-electron chi connectivity index (χ0n) is 12.0. The number of anilines is 2. The average Bonchev–Trinajstić information content (AvgIpc) is 2.41. The molecule has 1 aromatic heterocycles. The van der Waals surface area contributed by atoms with Crippen LogP contribution in [0.15, 0.2) is 12.1 Å². The number of nitro groups is 1. The van der Waals surface area contributed by atoms with Crippen molar-refractivity contribution in [2.45, 2.75) is 0 Å². The summed E-state index contributed by atoms with van der Waals surface area (Å²) in [5, 5.41) is 16.7. The van der Waals surface area contributed by atoms with Crippen LogP contribution in [-0.4, -0.2) is 62.3 Å². The summed E-state index contributed by atoms with van der Waals surface area (Å²) in [7, 11) is 5.65. The lowest BCUT2D eigenvalue weighted by Gasteiger charge is -2.11. The Hall–Kier alpha value is -1.93. The van der Waals surface area contributed by atoms with E-state index in [2.05, 4.69) is 15.6 Å². The Morgan fingerprint density at radius 2 is 2.15 bits per heavy atom. The van der Waals surface area contributed by atoms with Crippen molar-refractivity contribution < 1.29 is 9.66 Å². The van der Waals surface area contributed by atoms with Crippen LogP contribution >= 0.6 is 0 Å². The minimum absolute atomic E-state index is 0.0442. The van der Waals surface area contributed by atoms with E-state index in [1.165, 1.54) is 6.07 Å². The molecule has 0 aromatic carbocycles. The van der Waals surface area contributed by atoms with Gasteiger partial charge < -0.3 is 20.3 Å². The van der Waals surface area contributed by atoms with E-state index in [1.54, 1.807) is 13.1 Å². The van der Waals surface area contributed by atoms with Crippen molar-refractivity contribution in [3.05, 3.63) is 22.2 Å². The molecule has 0 atom stereocenters. The number of hydrogen-bond donors (Lipinski definition) is 2. The molecule has 0 unspecified atom stereocenters. The molecule has 0 amide bonds. The van der Waals surface area contributed by atoms with Crippen molar-refractivity contribution in [2.75, 3.05) is 58.1 Å². The van der Waals surface area contributed by atoms with E-state index in [0.717, 1.165) is 6.54 Å². The second kappa shape index (κ2) is 8.28. The Balaban J connectivity index is 2.47. The first-order valence-corrected chi connectivity index (χ1v) is 6.34. The third-order valence-electron chi connectivity index (χ3n) is 2.55. The molecule has 8 nitrogen and oxygen atoms in total. The van der Waals surface area contributed by atoms with Crippen LogP contribution in [0.4, 0.5) is 17.3 Å². The lowest BCUT2D eigenvalue weighted by Crippen LogP contribution is -2.20. The van der Waals surface area contributed by atoms with Gasteiger partial charge in [-0.25, -0.2) is 4.98 Å². The predicted molar refractivity (Wildman–Crippen MR) is 78.3 cm³/mol. The van der Waals surface area contributed by atoms with Crippen LogP contribution in [0.3, 0.4) is 0 Å². The normalized spacial score (nSPS) is 10.6. The Kier molecular flexibility index (Phi) is 6.68. The molecule has 1 aromatic rings. The zero-order valence-corrected chi connectivity index (χ0v) is 12.0. The molecule has 0 aliphatic heterocycles. The highest BCUT2D eigenvalue weighted by atomic mass is 16.6. The van der Waals surface area contributed by atoms with Crippen LogP contribution < -0.4 is 10.6 Å². The van der Waals surface area contributed by atoms with Gasteiger partial charge >= 0.3 is 5.69 Å². The first-order valence-electron chi connectivity index (χ1n) is 6.34. The van der Waals surface area contributed by atoms with Crippen molar-refractivity contribution >= 4 is 17.3 Å². The number of pyridine rings is 1. The maximum absolute atomic E-state index is 10.9. The van der Waals surface area contributed by atoms with Crippen molar-refractivity contribution in [2.24, 2.45) is 0 Å². The Labute approximate surface area is 118 Å². The number of aromatic nitrogens is 1. The van der Waals surface area contributed by atoms with Crippen molar-refractivity contribution in [1.29, 1.82) is 0 Å². The minimum atomic E-state index is -0.457. The molecule has 0 fully saturated rings. The quantitative estimate of drug-likeness (QED) is 0.397. The summed E-state index contributed by atoms with van der Waals surface area (Å²) in [6.07, 6.45) is 0. The summed E-state index contributed by atoms with van der Waals surface area (Å²) in [5.41, 5.74) is -0.0442. The molecule has 20 heavy (non-hydrogen) atoms. The maximum atomic E-state index is 10.9. The van der Waals surface area contributed by atoms with E-state index >= 15 is 0 Å². The van der Waals surface area contributed by atoms with Crippen molar-refractivity contribution in [1.82, 2.24) is 9.88 Å². The average molecular weight is 283 g/mol. The molecule has 0 spiro atoms. The number of hydrogen-bond acceptors (Lipinski definition) is 7. The van der Waals surface area contributed by atoms with E-state index in [4.69, 9.17) is 4.74 Å². The van der Waals surface area contributed by atoms with Gasteiger partial charge in [0.05, 0.1) is 18.1 Å². The second-order valence-electron chi connectivity index (χ2n) is 4.41. The standard InChI is InChI=1S/C12H21N5O3/c1-13-11-5-4-10(17(18)19)12(15-11)14-6-8-20-9-7-16(2)3/h4-5H,6-9H2,1-3H3,(H2,13,14,15). The minimum Gasteiger partial charge on any atom is -0.378 e. The summed E-state index contributed by atoms with van der Waals surface area (Å²) < 4.78 is 5.41. The lowest BCUT2D eigenvalue weighted by atomic mass is 10.3. The monoisotopic (exact) mass is 283 g/mol. The Morgan fingerprint density at radius 3 is 2.75 bits per heavy atom. The van der Waals surface area contributed by atoms with Gasteiger partial charge in [0.25, 0.3) is 0 Å². The molecule has 0 saturated carbocycles. The van der Waals surface area contributed by atoms with Crippen LogP contribution in [0, 0.1) is 10.1 Å². The molecule has 8 heteroatoms. The maximum Gasteiger partial charge on any atom is 0.311 e. The van der Waals surface area contributed by atoms with Crippen LogP contribution in [0.5, 0.6) is 0 Å². The zero-order chi connectivity index (χ0) is 15.0. The highest BCUT2D eigenvalue weighted by Gasteiger charge is 2.15. The summed E-state index contributed by atoms with van der Waals surface area (Å²) in [6.45, 7) is 2.40. The molecule has 112 valence electrons. The van der Waals surface area contributed by atoms with Gasteiger partial charge in [0.2, 0.25) is 5.82 Å². The van der Waals surface area contributed by atoms with Gasteiger partial charge in [-0.2, -0.15) is 0 Å². The highest BCUT2D eigenvalue weighted by molar-refractivity contribution is 5.60. The number of nitrogens with zero attached hydrogens (tertiary/aromatic N) is 3. The van der Waals surface area contributed by atoms with Gasteiger partial charge in [-0.05, 0) is 20.2 Å². The van der Waals surface area contributed by atoms with Crippen LogP contribution in [0.2, 0.25) is 0 Å². The van der Waals surface area contributed by atoms with E-state index in [9.17, 15) is 10.1 Å². The fourth-order valence-corrected chi connectivity index (χ4v) is 1.46. The number of nitrogens with one attached hydrogen (secondary N) is 2. The SMILES string of the molecule is CNc1ccc([N+](=O)[O-])c(NCCOCCN(C)C)n1. The van der Waals surface area contributed by atoms with E-state index in [1.807, 2.05) is 19.0 Å². The van der Waals surface area contributed by atoms with Crippen molar-refractivity contribution in [3.8, 4) is 0 Å². The third kappa shape index (κ3) is 5.37. The highest BCUT2D eigenvalue weighted by Crippen LogP contribution is 2.23. The molecule has 0 saturated heterocycles. The summed E-state index contributed by atoms with van der Waals surface area (Å²) in [6, 6.07) is 2.99. The molecule has 1 heterocycles. The number of rotatable bonds is 9. The predicted octanol–water partition coefficient (Wildman–Crippen LogP) is 1.02. The van der Waals surface area contributed by atoms with Gasteiger partial charge in [0.1, 0.15) is 5.82 Å². The third-order valence-corrected chi connectivity index (χ3v) is 2.55. The first kappa shape index (κ1) is 16.1. The van der Waals surface area contributed by atoms with Crippen molar-refractivity contribution in [3.63, 3.8) is 0 Å². The fraction of sp³-hybridized carbons (Fsp3) is 0.583. The van der Waals surface area contributed by atoms with Crippen LogP contribution in [0.1, 0.15) is 0 Å². The van der Waals surface area contributed by atoms with E-state index < -0.39 is 4.92 Å². The van der Waals surface area contributed by atoms with Gasteiger partial charge in [-0.1, -0.05) is 0 Å². The summed E-state index contributed by atoms with van der Waals surface area (Å²) in [5.74, 6) is 0.824. The van der Waals surface area contributed by atoms with Gasteiger partial charge in [0.15, 0.2) is 0 Å². The van der Waals surface area contributed by atoms with Gasteiger partial charge in [-0.15, -0.1) is 0 Å². The molecular formula is C12H21N5O3. The Morgan fingerprint density at radius 1 is 1.40 bits per heavy atom. The molecule has 0 aliphatic carbocycles. The second-order valence-corrected chi connectivity index (χ2v) is 4.41. The Bertz CT molecular complexity index is 439. The molecule has 1 rings (SSSR count). The van der Waals surface area contributed by atoms with Gasteiger partial charge in [0, 0.05) is 26.2 Å². The number of likely N-dealkylation sites (N-methyl/N-ethyl adjacent to an activating group) is 1. The topological polar surface area (TPSA) is 92.6 Å². The largest absolute Gasteiger partial charge is 0.378 e. The van der Waals surface area contributed by atoms with E-state index in [0.29, 0.717) is 25.6 Å². The van der Waals surface area contributed by atoms with Crippen LogP contribution in [-0.2, 0) is 4.74 Å². The molecular weight excluding hydrogens is 262 g/mol. The van der Waals surface area contributed by atoms with Crippen LogP contribution in [0.25, 0.3) is 0 Å². The van der Waals surface area contributed by atoms with Gasteiger partial charge in [-0.3, -0.25) is 10.1 Å². The summed E-state index contributed by atoms with van der Waals surface area (Å²) in [4.78, 5) is 16.6. The fourth-order valence-electron chi connectivity index (χ4n) is 1.46. The summed E-state index contributed by atoms with van der Waals surface area (Å²) >= 11 is 0. The molecule has 0 radical (unpaired) electrons. The smallest absolute Gasteiger partial charge is 0.311 e. The first-order chi connectivity index (χ1) is 9.54. The molecule has 2 N–H and O–H groups in total. The lowest BCUT2D eigenvalue weighted by molar-refractivity contribution is -0.384.